The number of hydrogen-bond donors (Lipinski definition) is 0. The molecule has 0 N–H and O–H groups in total. The quantitative estimate of drug-likeness (QED) is 0.474. The second-order valence-electron chi connectivity index (χ2n) is 10.1. The second-order valence-corrected chi connectivity index (χ2v) is 10.1. The molecule has 0 spiro atoms. The molecule has 0 unspecified atom stereocenters. The Morgan fingerprint density at radius 3 is 1.96 bits per heavy atom. The monoisotopic (exact) mass is 357 g/mol. The molecular formula is C25H43N. The van der Waals surface area contributed by atoms with Crippen LogP contribution in [-0.4, -0.2) is 0 Å². The second kappa shape index (κ2) is 9.61. The molecule has 0 amide bonds. The van der Waals surface area contributed by atoms with Crippen molar-refractivity contribution in [1.29, 1.82) is 5.26 Å². The Labute approximate surface area is 163 Å². The molecule has 0 aromatic heterocycles. The zero-order valence-electron chi connectivity index (χ0n) is 17.6. The molecule has 1 nitrogen and oxygen atoms in total. The average Bonchev–Trinajstić information content (AvgIpc) is 2.70. The van der Waals surface area contributed by atoms with Gasteiger partial charge in [0.05, 0.1) is 11.5 Å². The largest absolute Gasteiger partial charge is 0.198 e. The van der Waals surface area contributed by atoms with Crippen molar-refractivity contribution in [3.63, 3.8) is 0 Å². The third-order valence-electron chi connectivity index (χ3n) is 8.66. The molecule has 0 bridgehead atoms. The first-order chi connectivity index (χ1) is 12.7. The highest BCUT2D eigenvalue weighted by Gasteiger charge is 2.45. The van der Waals surface area contributed by atoms with Crippen LogP contribution in [0.25, 0.3) is 0 Å². The van der Waals surface area contributed by atoms with Crippen molar-refractivity contribution in [2.24, 2.45) is 35.0 Å². The standard InChI is InChI=1S/C25H43N/c1-3-7-20-9-11-21(12-10-20)22-13-15-23(16-14-22)24-8-5-6-18-25(24,19-26)17-4-2/h20-24H,3-18H2,1-2H3/t20?,21?,22?,23?,24-,25-/m0/s1. The maximum Gasteiger partial charge on any atom is 0.0692 e. The fraction of sp³-hybridized carbons (Fsp3) is 0.960. The van der Waals surface area contributed by atoms with Crippen LogP contribution >= 0.6 is 0 Å². The Morgan fingerprint density at radius 2 is 1.38 bits per heavy atom. The van der Waals surface area contributed by atoms with Crippen molar-refractivity contribution in [1.82, 2.24) is 0 Å². The lowest BCUT2D eigenvalue weighted by atomic mass is 9.57. The lowest BCUT2D eigenvalue weighted by Gasteiger charge is -2.46. The zero-order valence-corrected chi connectivity index (χ0v) is 17.6. The predicted octanol–water partition coefficient (Wildman–Crippen LogP) is 7.90. The molecule has 0 aliphatic heterocycles. The molecule has 3 fully saturated rings. The lowest BCUT2D eigenvalue weighted by Crippen LogP contribution is -2.39. The van der Waals surface area contributed by atoms with E-state index in [0.29, 0.717) is 5.92 Å². The van der Waals surface area contributed by atoms with Gasteiger partial charge in [0.15, 0.2) is 0 Å². The highest BCUT2D eigenvalue weighted by molar-refractivity contribution is 5.06. The van der Waals surface area contributed by atoms with E-state index in [0.717, 1.165) is 30.1 Å². The fourth-order valence-electron chi connectivity index (χ4n) is 7.28. The van der Waals surface area contributed by atoms with Crippen molar-refractivity contribution in [2.75, 3.05) is 0 Å². The van der Waals surface area contributed by atoms with Crippen molar-refractivity contribution in [2.45, 2.75) is 117 Å². The van der Waals surface area contributed by atoms with Gasteiger partial charge in [-0.25, -0.2) is 0 Å². The van der Waals surface area contributed by atoms with Crippen LogP contribution in [-0.2, 0) is 0 Å². The molecular weight excluding hydrogens is 314 g/mol. The van der Waals surface area contributed by atoms with E-state index in [2.05, 4.69) is 19.9 Å². The van der Waals surface area contributed by atoms with Crippen LogP contribution in [0.15, 0.2) is 0 Å². The summed E-state index contributed by atoms with van der Waals surface area (Å²) in [7, 11) is 0. The first-order valence-electron chi connectivity index (χ1n) is 12.1. The van der Waals surface area contributed by atoms with Crippen LogP contribution in [0.3, 0.4) is 0 Å². The molecule has 0 aromatic carbocycles. The van der Waals surface area contributed by atoms with E-state index in [9.17, 15) is 5.26 Å². The van der Waals surface area contributed by atoms with Crippen molar-refractivity contribution >= 4 is 0 Å². The lowest BCUT2D eigenvalue weighted by molar-refractivity contribution is 0.0459. The summed E-state index contributed by atoms with van der Waals surface area (Å²) in [6, 6.07) is 2.86. The molecule has 148 valence electrons. The normalized spacial score (nSPS) is 41.5. The van der Waals surface area contributed by atoms with E-state index in [1.165, 1.54) is 96.3 Å². The number of nitrogens with zero attached hydrogens (tertiary/aromatic N) is 1. The van der Waals surface area contributed by atoms with E-state index in [4.69, 9.17) is 0 Å². The summed E-state index contributed by atoms with van der Waals surface area (Å²) < 4.78 is 0. The number of rotatable bonds is 6. The van der Waals surface area contributed by atoms with Gasteiger partial charge in [-0.15, -0.1) is 0 Å². The van der Waals surface area contributed by atoms with Gasteiger partial charge in [0, 0.05) is 0 Å². The minimum atomic E-state index is 0.0305. The summed E-state index contributed by atoms with van der Waals surface area (Å²) in [6.45, 7) is 4.62. The van der Waals surface area contributed by atoms with Gasteiger partial charge in [0.25, 0.3) is 0 Å². The summed E-state index contributed by atoms with van der Waals surface area (Å²) in [6.07, 6.45) is 22.2. The summed E-state index contributed by atoms with van der Waals surface area (Å²) in [5, 5.41) is 10.0. The molecule has 3 saturated carbocycles. The fourth-order valence-corrected chi connectivity index (χ4v) is 7.28. The zero-order chi connectivity index (χ0) is 18.4. The summed E-state index contributed by atoms with van der Waals surface area (Å²) in [5.41, 5.74) is 0.0305. The first-order valence-corrected chi connectivity index (χ1v) is 12.1. The third kappa shape index (κ3) is 4.48. The number of hydrogen-bond acceptors (Lipinski definition) is 1. The molecule has 3 aliphatic carbocycles. The van der Waals surface area contributed by atoms with Gasteiger partial charge in [-0.1, -0.05) is 58.8 Å². The first kappa shape index (κ1) is 20.2. The van der Waals surface area contributed by atoms with E-state index in [1.54, 1.807) is 0 Å². The van der Waals surface area contributed by atoms with Gasteiger partial charge in [-0.3, -0.25) is 0 Å². The molecule has 26 heavy (non-hydrogen) atoms. The van der Waals surface area contributed by atoms with E-state index < -0.39 is 0 Å². The van der Waals surface area contributed by atoms with E-state index in [-0.39, 0.29) is 5.41 Å². The summed E-state index contributed by atoms with van der Waals surface area (Å²) >= 11 is 0. The highest BCUT2D eigenvalue weighted by Crippen LogP contribution is 2.52. The van der Waals surface area contributed by atoms with Crippen molar-refractivity contribution < 1.29 is 0 Å². The van der Waals surface area contributed by atoms with E-state index in [1.807, 2.05) is 0 Å². The highest BCUT2D eigenvalue weighted by atomic mass is 14.5. The van der Waals surface area contributed by atoms with Crippen LogP contribution in [0, 0.1) is 46.3 Å². The van der Waals surface area contributed by atoms with Gasteiger partial charge in [-0.05, 0) is 87.4 Å². The Bertz CT molecular complexity index is 443. The van der Waals surface area contributed by atoms with Crippen LogP contribution in [0.4, 0.5) is 0 Å². The minimum absolute atomic E-state index is 0.0305. The van der Waals surface area contributed by atoms with Crippen LogP contribution in [0.2, 0.25) is 0 Å². The van der Waals surface area contributed by atoms with Gasteiger partial charge >= 0.3 is 0 Å². The maximum atomic E-state index is 10.0. The summed E-state index contributed by atoms with van der Waals surface area (Å²) in [5.74, 6) is 4.66. The topological polar surface area (TPSA) is 23.8 Å². The third-order valence-corrected chi connectivity index (χ3v) is 8.66. The average molecular weight is 358 g/mol. The molecule has 2 atom stereocenters. The molecule has 0 aromatic rings. The van der Waals surface area contributed by atoms with Gasteiger partial charge < -0.3 is 0 Å². The molecule has 0 radical (unpaired) electrons. The Morgan fingerprint density at radius 1 is 0.769 bits per heavy atom. The molecule has 0 heterocycles. The molecule has 3 aliphatic rings. The summed E-state index contributed by atoms with van der Waals surface area (Å²) in [4.78, 5) is 0. The maximum absolute atomic E-state index is 10.0. The minimum Gasteiger partial charge on any atom is -0.198 e. The molecule has 0 saturated heterocycles. The van der Waals surface area contributed by atoms with Crippen LogP contribution in [0.1, 0.15) is 117 Å². The Balaban J connectivity index is 1.52. The van der Waals surface area contributed by atoms with Crippen LogP contribution in [0.5, 0.6) is 0 Å². The molecule has 1 heteroatoms. The Hall–Kier alpha value is -0.510. The van der Waals surface area contributed by atoms with Crippen molar-refractivity contribution in [3.8, 4) is 6.07 Å². The Kier molecular flexibility index (Phi) is 7.48. The van der Waals surface area contributed by atoms with Gasteiger partial charge in [0.2, 0.25) is 0 Å². The smallest absolute Gasteiger partial charge is 0.0692 e. The SMILES string of the molecule is CCCC1CCC(C2CCC([C@@H]3CCCC[C@]3(C#N)CCC)CC2)CC1. The number of nitriles is 1. The van der Waals surface area contributed by atoms with Gasteiger partial charge in [0.1, 0.15) is 0 Å². The predicted molar refractivity (Wildman–Crippen MR) is 111 cm³/mol. The van der Waals surface area contributed by atoms with Crippen molar-refractivity contribution in [3.05, 3.63) is 0 Å². The van der Waals surface area contributed by atoms with Gasteiger partial charge in [-0.2, -0.15) is 5.26 Å². The van der Waals surface area contributed by atoms with Crippen LogP contribution < -0.4 is 0 Å². The molecule has 3 rings (SSSR count). The van der Waals surface area contributed by atoms with E-state index >= 15 is 0 Å².